The van der Waals surface area contributed by atoms with Crippen molar-refractivity contribution in [2.75, 3.05) is 4.90 Å². The van der Waals surface area contributed by atoms with Crippen LogP contribution in [0, 0.1) is 6.92 Å². The number of amides is 1. The van der Waals surface area contributed by atoms with E-state index in [9.17, 15) is 4.79 Å². The molecular weight excluding hydrogens is 270 g/mol. The zero-order valence-electron chi connectivity index (χ0n) is 16.1. The molecule has 0 aromatic heterocycles. The van der Waals surface area contributed by atoms with E-state index in [2.05, 4.69) is 32.9 Å². The summed E-state index contributed by atoms with van der Waals surface area (Å²) >= 11 is 0. The summed E-state index contributed by atoms with van der Waals surface area (Å²) in [4.78, 5) is 13.8. The Morgan fingerprint density at radius 2 is 1.73 bits per heavy atom. The van der Waals surface area contributed by atoms with Gasteiger partial charge in [-0.1, -0.05) is 66.0 Å². The smallest absolute Gasteiger partial charge is 0.224 e. The van der Waals surface area contributed by atoms with Crippen LogP contribution in [0.2, 0.25) is 0 Å². The molecule has 1 rings (SSSR count). The zero-order chi connectivity index (χ0) is 17.5. The minimum Gasteiger partial charge on any atom is -0.310 e. The molecule has 0 aliphatic heterocycles. The fourth-order valence-electron chi connectivity index (χ4n) is 2.34. The van der Waals surface area contributed by atoms with Crippen LogP contribution in [0.3, 0.4) is 0 Å². The van der Waals surface area contributed by atoms with E-state index in [-0.39, 0.29) is 11.9 Å². The Labute approximate surface area is 138 Å². The Kier molecular flexibility index (Phi) is 15.3. The highest BCUT2D eigenvalue weighted by Crippen LogP contribution is 2.21. The van der Waals surface area contributed by atoms with E-state index < -0.39 is 0 Å². The van der Waals surface area contributed by atoms with Crippen LogP contribution >= 0.6 is 0 Å². The molecular formula is C20H37NO. The van der Waals surface area contributed by atoms with Gasteiger partial charge >= 0.3 is 0 Å². The lowest BCUT2D eigenvalue weighted by atomic mass is 10.1. The SMILES string of the molecule is CC.CC.CCCCCC(C)N(C(C)=O)c1cccc(C)c1. The lowest BCUT2D eigenvalue weighted by Crippen LogP contribution is -2.37. The van der Waals surface area contributed by atoms with Gasteiger partial charge in [0, 0.05) is 18.7 Å². The molecule has 1 aromatic carbocycles. The van der Waals surface area contributed by atoms with Gasteiger partial charge in [-0.2, -0.15) is 0 Å². The molecule has 0 saturated heterocycles. The van der Waals surface area contributed by atoms with Gasteiger partial charge < -0.3 is 4.90 Å². The molecule has 0 radical (unpaired) electrons. The van der Waals surface area contributed by atoms with Crippen LogP contribution < -0.4 is 4.90 Å². The molecule has 1 atom stereocenters. The van der Waals surface area contributed by atoms with Crippen molar-refractivity contribution in [3.8, 4) is 0 Å². The van der Waals surface area contributed by atoms with Crippen molar-refractivity contribution in [1.29, 1.82) is 0 Å². The summed E-state index contributed by atoms with van der Waals surface area (Å²) in [5.41, 5.74) is 2.21. The maximum atomic E-state index is 11.9. The third-order valence-electron chi connectivity index (χ3n) is 3.29. The predicted octanol–water partition coefficient (Wildman–Crippen LogP) is 6.37. The van der Waals surface area contributed by atoms with Crippen molar-refractivity contribution in [2.45, 2.75) is 87.1 Å². The van der Waals surface area contributed by atoms with Crippen LogP contribution in [0.25, 0.3) is 0 Å². The molecule has 22 heavy (non-hydrogen) atoms. The fourth-order valence-corrected chi connectivity index (χ4v) is 2.34. The first-order valence-electron chi connectivity index (χ1n) is 8.92. The highest BCUT2D eigenvalue weighted by Gasteiger charge is 2.18. The molecule has 0 aliphatic rings. The predicted molar refractivity (Wildman–Crippen MR) is 101 cm³/mol. The standard InChI is InChI=1S/C16H25NO.2C2H6/c1-5-6-7-10-14(3)17(15(4)18)16-11-8-9-13(2)12-16;2*1-2/h8-9,11-12,14H,5-7,10H2,1-4H3;2*1-2H3. The van der Waals surface area contributed by atoms with Crippen LogP contribution in [0.15, 0.2) is 24.3 Å². The maximum absolute atomic E-state index is 11.9. The summed E-state index contributed by atoms with van der Waals surface area (Å²) in [6, 6.07) is 8.45. The Morgan fingerprint density at radius 3 is 2.18 bits per heavy atom. The Hall–Kier alpha value is -1.31. The van der Waals surface area contributed by atoms with Gasteiger partial charge in [0.25, 0.3) is 0 Å². The number of nitrogens with zero attached hydrogens (tertiary/aromatic N) is 1. The van der Waals surface area contributed by atoms with Crippen molar-refractivity contribution < 1.29 is 4.79 Å². The first kappa shape index (κ1) is 23.0. The number of rotatable bonds is 6. The van der Waals surface area contributed by atoms with Crippen molar-refractivity contribution in [3.05, 3.63) is 29.8 Å². The minimum absolute atomic E-state index is 0.129. The van der Waals surface area contributed by atoms with Gasteiger partial charge in [-0.15, -0.1) is 0 Å². The number of hydrogen-bond donors (Lipinski definition) is 0. The second-order valence-electron chi connectivity index (χ2n) is 5.07. The van der Waals surface area contributed by atoms with Crippen molar-refractivity contribution in [2.24, 2.45) is 0 Å². The first-order chi connectivity index (χ1) is 10.6. The maximum Gasteiger partial charge on any atom is 0.224 e. The quantitative estimate of drug-likeness (QED) is 0.559. The Morgan fingerprint density at radius 1 is 1.14 bits per heavy atom. The van der Waals surface area contributed by atoms with E-state index in [1.807, 2.05) is 44.7 Å². The van der Waals surface area contributed by atoms with Crippen molar-refractivity contribution >= 4 is 11.6 Å². The molecule has 2 nitrogen and oxygen atoms in total. The molecule has 0 saturated carbocycles. The average molecular weight is 308 g/mol. The van der Waals surface area contributed by atoms with Gasteiger partial charge in [0.1, 0.15) is 0 Å². The van der Waals surface area contributed by atoms with Gasteiger partial charge in [-0.05, 0) is 38.0 Å². The fraction of sp³-hybridized carbons (Fsp3) is 0.650. The highest BCUT2D eigenvalue weighted by atomic mass is 16.2. The number of anilines is 1. The molecule has 0 spiro atoms. The third kappa shape index (κ3) is 8.86. The van der Waals surface area contributed by atoms with Gasteiger partial charge in [0.05, 0.1) is 0 Å². The summed E-state index contributed by atoms with van der Waals surface area (Å²) in [5, 5.41) is 0. The van der Waals surface area contributed by atoms with Gasteiger partial charge in [0.2, 0.25) is 5.91 Å². The molecule has 1 aromatic rings. The number of benzene rings is 1. The number of hydrogen-bond acceptors (Lipinski definition) is 1. The molecule has 0 aliphatic carbocycles. The highest BCUT2D eigenvalue weighted by molar-refractivity contribution is 5.92. The topological polar surface area (TPSA) is 20.3 Å². The molecule has 0 heterocycles. The summed E-state index contributed by atoms with van der Waals surface area (Å²) in [7, 11) is 0. The number of carbonyl (C=O) groups excluding carboxylic acids is 1. The second-order valence-corrected chi connectivity index (χ2v) is 5.07. The Bertz CT molecular complexity index is 387. The summed E-state index contributed by atoms with van der Waals surface area (Å²) in [6.07, 6.45) is 4.72. The van der Waals surface area contributed by atoms with E-state index in [1.54, 1.807) is 6.92 Å². The van der Waals surface area contributed by atoms with Crippen LogP contribution in [0.4, 0.5) is 5.69 Å². The van der Waals surface area contributed by atoms with Gasteiger partial charge in [-0.3, -0.25) is 4.79 Å². The summed E-state index contributed by atoms with van der Waals surface area (Å²) in [5.74, 6) is 0.129. The largest absolute Gasteiger partial charge is 0.310 e. The van der Waals surface area contributed by atoms with Crippen LogP contribution in [0.1, 0.15) is 79.7 Å². The number of unbranched alkanes of at least 4 members (excludes halogenated alkanes) is 2. The van der Waals surface area contributed by atoms with E-state index in [1.165, 1.54) is 24.8 Å². The van der Waals surface area contributed by atoms with Crippen molar-refractivity contribution in [3.63, 3.8) is 0 Å². The van der Waals surface area contributed by atoms with Crippen molar-refractivity contribution in [1.82, 2.24) is 0 Å². The van der Waals surface area contributed by atoms with E-state index in [0.717, 1.165) is 12.1 Å². The third-order valence-corrected chi connectivity index (χ3v) is 3.29. The number of aryl methyl sites for hydroxylation is 1. The zero-order valence-corrected chi connectivity index (χ0v) is 16.1. The monoisotopic (exact) mass is 307 g/mol. The molecule has 128 valence electrons. The molecule has 0 bridgehead atoms. The normalized spacial score (nSPS) is 10.5. The van der Waals surface area contributed by atoms with Crippen LogP contribution in [-0.2, 0) is 4.79 Å². The summed E-state index contributed by atoms with van der Waals surface area (Å²) < 4.78 is 0. The van der Waals surface area contributed by atoms with Crippen LogP contribution in [-0.4, -0.2) is 11.9 Å². The molecule has 1 amide bonds. The lowest BCUT2D eigenvalue weighted by Gasteiger charge is -2.28. The van der Waals surface area contributed by atoms with E-state index in [0.29, 0.717) is 0 Å². The Balaban J connectivity index is 0. The second kappa shape index (κ2) is 14.6. The minimum atomic E-state index is 0.129. The average Bonchev–Trinajstić information content (AvgIpc) is 2.51. The van der Waals surface area contributed by atoms with E-state index >= 15 is 0 Å². The van der Waals surface area contributed by atoms with E-state index in [4.69, 9.17) is 0 Å². The van der Waals surface area contributed by atoms with Gasteiger partial charge in [0.15, 0.2) is 0 Å². The number of carbonyl (C=O) groups is 1. The van der Waals surface area contributed by atoms with Crippen LogP contribution in [0.5, 0.6) is 0 Å². The first-order valence-corrected chi connectivity index (χ1v) is 8.92. The summed E-state index contributed by atoms with van der Waals surface area (Å²) in [6.45, 7) is 16.1. The molecule has 2 heteroatoms. The lowest BCUT2D eigenvalue weighted by molar-refractivity contribution is -0.117. The molecule has 1 unspecified atom stereocenters. The molecule has 0 fully saturated rings. The molecule has 0 N–H and O–H groups in total. The van der Waals surface area contributed by atoms with Gasteiger partial charge in [-0.25, -0.2) is 0 Å².